The Morgan fingerprint density at radius 2 is 2.00 bits per heavy atom. The maximum absolute atomic E-state index is 13.1. The Labute approximate surface area is 62.6 Å². The van der Waals surface area contributed by atoms with E-state index in [-0.39, 0.29) is 0 Å². The zero-order valence-corrected chi connectivity index (χ0v) is 7.11. The minimum absolute atomic E-state index is 0.511. The summed E-state index contributed by atoms with van der Waals surface area (Å²) in [5, 5.41) is 0. The summed E-state index contributed by atoms with van der Waals surface area (Å²) in [4.78, 5) is 0. The molecule has 0 rings (SSSR count). The standard InChI is InChI=1S/C8H17FO/c1-4-8(3,9)6-7-10-5-2/h4-7H2,1-3H3. The lowest BCUT2D eigenvalue weighted by Crippen LogP contribution is -2.18. The van der Waals surface area contributed by atoms with Crippen LogP contribution in [0.25, 0.3) is 0 Å². The molecular formula is C8H17FO. The number of hydrogen-bond donors (Lipinski definition) is 0. The topological polar surface area (TPSA) is 9.23 Å². The Balaban J connectivity index is 3.28. The fourth-order valence-corrected chi connectivity index (χ4v) is 0.606. The van der Waals surface area contributed by atoms with Crippen molar-refractivity contribution in [3.8, 4) is 0 Å². The molecule has 0 aliphatic carbocycles. The van der Waals surface area contributed by atoms with Crippen LogP contribution in [0.1, 0.15) is 33.6 Å². The van der Waals surface area contributed by atoms with E-state index in [2.05, 4.69) is 0 Å². The van der Waals surface area contributed by atoms with E-state index in [1.807, 2.05) is 13.8 Å². The van der Waals surface area contributed by atoms with Crippen molar-refractivity contribution in [1.82, 2.24) is 0 Å². The third kappa shape index (κ3) is 4.74. The maximum atomic E-state index is 13.1. The van der Waals surface area contributed by atoms with E-state index in [1.165, 1.54) is 0 Å². The first-order valence-electron chi connectivity index (χ1n) is 3.89. The summed E-state index contributed by atoms with van der Waals surface area (Å²) in [5.41, 5.74) is -1.03. The van der Waals surface area contributed by atoms with Crippen molar-refractivity contribution in [2.45, 2.75) is 39.3 Å². The van der Waals surface area contributed by atoms with Gasteiger partial charge in [-0.05, 0) is 20.3 Å². The molecule has 0 amide bonds. The van der Waals surface area contributed by atoms with Crippen LogP contribution < -0.4 is 0 Å². The molecule has 1 atom stereocenters. The fraction of sp³-hybridized carbons (Fsp3) is 1.00. The average molecular weight is 148 g/mol. The summed E-state index contributed by atoms with van der Waals surface area (Å²) >= 11 is 0. The van der Waals surface area contributed by atoms with Gasteiger partial charge in [0.05, 0.1) is 0 Å². The van der Waals surface area contributed by atoms with Gasteiger partial charge in [0.25, 0.3) is 0 Å². The van der Waals surface area contributed by atoms with Gasteiger partial charge in [-0.15, -0.1) is 0 Å². The Hall–Kier alpha value is -0.110. The van der Waals surface area contributed by atoms with Crippen molar-refractivity contribution < 1.29 is 9.13 Å². The Bertz CT molecular complexity index is 81.3. The predicted octanol–water partition coefficient (Wildman–Crippen LogP) is 2.55. The molecular weight excluding hydrogens is 131 g/mol. The van der Waals surface area contributed by atoms with Gasteiger partial charge in [-0.3, -0.25) is 0 Å². The third-order valence-corrected chi connectivity index (χ3v) is 1.71. The number of halogens is 1. The highest BCUT2D eigenvalue weighted by Crippen LogP contribution is 2.18. The molecule has 62 valence electrons. The predicted molar refractivity (Wildman–Crippen MR) is 40.9 cm³/mol. The van der Waals surface area contributed by atoms with E-state index in [1.54, 1.807) is 6.92 Å². The molecule has 0 heterocycles. The molecule has 0 aliphatic rings. The largest absolute Gasteiger partial charge is 0.382 e. The van der Waals surface area contributed by atoms with E-state index in [0.717, 1.165) is 0 Å². The highest BCUT2D eigenvalue weighted by atomic mass is 19.1. The van der Waals surface area contributed by atoms with Gasteiger partial charge in [-0.2, -0.15) is 0 Å². The van der Waals surface area contributed by atoms with Crippen molar-refractivity contribution >= 4 is 0 Å². The van der Waals surface area contributed by atoms with Crippen molar-refractivity contribution in [1.29, 1.82) is 0 Å². The molecule has 0 saturated heterocycles. The summed E-state index contributed by atoms with van der Waals surface area (Å²) in [6, 6.07) is 0. The molecule has 1 nitrogen and oxygen atoms in total. The minimum atomic E-state index is -1.03. The van der Waals surface area contributed by atoms with E-state index >= 15 is 0 Å². The zero-order chi connectivity index (χ0) is 8.04. The molecule has 0 aromatic carbocycles. The minimum Gasteiger partial charge on any atom is -0.382 e. The van der Waals surface area contributed by atoms with Crippen LogP contribution in [0.4, 0.5) is 4.39 Å². The second-order valence-corrected chi connectivity index (χ2v) is 2.71. The van der Waals surface area contributed by atoms with Gasteiger partial charge in [0.15, 0.2) is 0 Å². The highest BCUT2D eigenvalue weighted by molar-refractivity contribution is 4.69. The lowest BCUT2D eigenvalue weighted by Gasteiger charge is -2.17. The lowest BCUT2D eigenvalue weighted by atomic mass is 10.0. The molecule has 0 aromatic heterocycles. The van der Waals surface area contributed by atoms with Crippen molar-refractivity contribution in [3.63, 3.8) is 0 Å². The normalized spacial score (nSPS) is 16.8. The van der Waals surface area contributed by atoms with Gasteiger partial charge >= 0.3 is 0 Å². The first-order chi connectivity index (χ1) is 4.62. The Kier molecular flexibility index (Phi) is 4.62. The maximum Gasteiger partial charge on any atom is 0.110 e. The van der Waals surface area contributed by atoms with Crippen LogP contribution in [0.15, 0.2) is 0 Å². The van der Waals surface area contributed by atoms with Crippen molar-refractivity contribution in [2.75, 3.05) is 13.2 Å². The Morgan fingerprint density at radius 3 is 2.40 bits per heavy atom. The van der Waals surface area contributed by atoms with E-state index in [9.17, 15) is 4.39 Å². The molecule has 0 N–H and O–H groups in total. The van der Waals surface area contributed by atoms with Gasteiger partial charge < -0.3 is 4.74 Å². The smallest absolute Gasteiger partial charge is 0.110 e. The zero-order valence-electron chi connectivity index (χ0n) is 7.11. The van der Waals surface area contributed by atoms with Crippen molar-refractivity contribution in [3.05, 3.63) is 0 Å². The monoisotopic (exact) mass is 148 g/mol. The molecule has 1 unspecified atom stereocenters. The SMILES string of the molecule is CCOCCC(C)(F)CC. The molecule has 0 aromatic rings. The van der Waals surface area contributed by atoms with Crippen LogP contribution in [-0.4, -0.2) is 18.9 Å². The molecule has 0 saturated carbocycles. The Morgan fingerprint density at radius 1 is 1.40 bits per heavy atom. The highest BCUT2D eigenvalue weighted by Gasteiger charge is 2.19. The molecule has 0 fully saturated rings. The third-order valence-electron chi connectivity index (χ3n) is 1.71. The van der Waals surface area contributed by atoms with Crippen LogP contribution in [0, 0.1) is 0 Å². The second-order valence-electron chi connectivity index (χ2n) is 2.71. The molecule has 0 spiro atoms. The lowest BCUT2D eigenvalue weighted by molar-refractivity contribution is 0.0816. The average Bonchev–Trinajstić information content (AvgIpc) is 1.89. The summed E-state index contributed by atoms with van der Waals surface area (Å²) < 4.78 is 18.1. The number of ether oxygens (including phenoxy) is 1. The van der Waals surface area contributed by atoms with Crippen LogP contribution in [0.2, 0.25) is 0 Å². The first kappa shape index (κ1) is 9.89. The van der Waals surface area contributed by atoms with Crippen LogP contribution in [-0.2, 0) is 4.74 Å². The first-order valence-corrected chi connectivity index (χ1v) is 3.89. The van der Waals surface area contributed by atoms with Gasteiger partial charge in [0.2, 0.25) is 0 Å². The molecule has 0 aliphatic heterocycles. The molecule has 0 bridgehead atoms. The summed E-state index contributed by atoms with van der Waals surface area (Å²) in [5.74, 6) is 0. The van der Waals surface area contributed by atoms with E-state index in [4.69, 9.17) is 4.74 Å². The fourth-order valence-electron chi connectivity index (χ4n) is 0.606. The summed E-state index contributed by atoms with van der Waals surface area (Å²) in [6.45, 7) is 6.61. The van der Waals surface area contributed by atoms with Crippen LogP contribution in [0.3, 0.4) is 0 Å². The molecule has 2 heteroatoms. The second kappa shape index (κ2) is 4.67. The molecule has 0 radical (unpaired) electrons. The number of rotatable bonds is 5. The van der Waals surface area contributed by atoms with E-state index in [0.29, 0.717) is 26.1 Å². The van der Waals surface area contributed by atoms with Crippen LogP contribution >= 0.6 is 0 Å². The number of alkyl halides is 1. The molecule has 10 heavy (non-hydrogen) atoms. The van der Waals surface area contributed by atoms with Gasteiger partial charge in [-0.1, -0.05) is 6.92 Å². The quantitative estimate of drug-likeness (QED) is 0.544. The van der Waals surface area contributed by atoms with Gasteiger partial charge in [0.1, 0.15) is 5.67 Å². The van der Waals surface area contributed by atoms with E-state index < -0.39 is 5.67 Å². The summed E-state index contributed by atoms with van der Waals surface area (Å²) in [6.07, 6.45) is 1.08. The van der Waals surface area contributed by atoms with Crippen LogP contribution in [0.5, 0.6) is 0 Å². The number of hydrogen-bond acceptors (Lipinski definition) is 1. The van der Waals surface area contributed by atoms with Crippen molar-refractivity contribution in [2.24, 2.45) is 0 Å². The van der Waals surface area contributed by atoms with Gasteiger partial charge in [0, 0.05) is 19.6 Å². The summed E-state index contributed by atoms with van der Waals surface area (Å²) in [7, 11) is 0. The van der Waals surface area contributed by atoms with Gasteiger partial charge in [-0.25, -0.2) is 4.39 Å².